The second kappa shape index (κ2) is 18.4. The molecule has 5 amide bonds. The van der Waals surface area contributed by atoms with Gasteiger partial charge in [-0.1, -0.05) is 51.1 Å². The van der Waals surface area contributed by atoms with E-state index in [0.717, 1.165) is 28.7 Å². The molecule has 0 aliphatic carbocycles. The number of primary amides is 2. The van der Waals surface area contributed by atoms with Gasteiger partial charge in [0.15, 0.2) is 0 Å². The second-order valence-corrected chi connectivity index (χ2v) is 14.2. The molecule has 55 heavy (non-hydrogen) atoms. The normalized spacial score (nSPS) is 13.0. The van der Waals surface area contributed by atoms with Crippen LogP contribution >= 0.6 is 0 Å². The lowest BCUT2D eigenvalue weighted by molar-refractivity contribution is -0.149. The molecule has 15 heteroatoms. The first-order valence-electron chi connectivity index (χ1n) is 17.6. The smallest absolute Gasteiger partial charge is 0.248 e. The van der Waals surface area contributed by atoms with Gasteiger partial charge in [-0.15, -0.1) is 0 Å². The molecule has 0 fully saturated rings. The third-order valence-corrected chi connectivity index (χ3v) is 9.21. The molecule has 0 aliphatic rings. The first-order valence-corrected chi connectivity index (χ1v) is 17.6. The number of aliphatic hydroxyl groups is 1. The third kappa shape index (κ3) is 10.6. The van der Waals surface area contributed by atoms with Crippen molar-refractivity contribution in [3.05, 3.63) is 114 Å². The van der Waals surface area contributed by atoms with Crippen molar-refractivity contribution < 1.29 is 37.9 Å². The van der Waals surface area contributed by atoms with Gasteiger partial charge in [0.1, 0.15) is 30.3 Å². The highest BCUT2D eigenvalue weighted by molar-refractivity contribution is 5.95. The summed E-state index contributed by atoms with van der Waals surface area (Å²) in [5.41, 5.74) is 12.6. The lowest BCUT2D eigenvalue weighted by Gasteiger charge is -2.42. The summed E-state index contributed by atoms with van der Waals surface area (Å²) in [6.45, 7) is 4.64. The first kappa shape index (κ1) is 41.8. The average Bonchev–Trinajstić information content (AvgIpc) is 3.54. The number of carbonyl (C=O) groups is 5. The fourth-order valence-corrected chi connectivity index (χ4v) is 6.78. The van der Waals surface area contributed by atoms with E-state index in [1.165, 1.54) is 24.3 Å². The molecule has 6 N–H and O–H groups in total. The maximum atomic E-state index is 15.2. The molecule has 0 spiro atoms. The van der Waals surface area contributed by atoms with Gasteiger partial charge in [-0.05, 0) is 59.4 Å². The molecule has 2 aromatic carbocycles. The number of carbonyl (C=O) groups excluding carboxylic acids is 5. The monoisotopic (exact) mass is 759 g/mol. The number of nitrogens with zero attached hydrogens (tertiary/aromatic N) is 4. The Morgan fingerprint density at radius 2 is 1.58 bits per heavy atom. The summed E-state index contributed by atoms with van der Waals surface area (Å²) in [5, 5.41) is 12.8. The van der Waals surface area contributed by atoms with E-state index in [1.54, 1.807) is 24.4 Å². The van der Waals surface area contributed by atoms with E-state index < -0.39 is 77.7 Å². The summed E-state index contributed by atoms with van der Waals surface area (Å²) >= 11 is 0. The Hall–Kier alpha value is -5.96. The van der Waals surface area contributed by atoms with Crippen LogP contribution in [0.5, 0.6) is 0 Å². The van der Waals surface area contributed by atoms with Gasteiger partial charge in [0.25, 0.3) is 0 Å². The number of pyridine rings is 1. The maximum absolute atomic E-state index is 15.2. The molecule has 0 saturated carbocycles. The summed E-state index contributed by atoms with van der Waals surface area (Å²) in [4.78, 5) is 72.8. The molecule has 0 saturated heterocycles. The summed E-state index contributed by atoms with van der Waals surface area (Å²) in [6.07, 6.45) is 3.33. The molecule has 13 nitrogen and oxygen atoms in total. The second-order valence-electron chi connectivity index (χ2n) is 14.2. The predicted octanol–water partition coefficient (Wildman–Crippen LogP) is 3.09. The minimum atomic E-state index is -1.62. The Bertz CT molecular complexity index is 1980. The summed E-state index contributed by atoms with van der Waals surface area (Å²) in [6, 6.07) is 13.3. The van der Waals surface area contributed by atoms with Crippen LogP contribution < -0.4 is 16.8 Å². The van der Waals surface area contributed by atoms with Crippen LogP contribution in [-0.4, -0.2) is 86.3 Å². The molecule has 292 valence electrons. The van der Waals surface area contributed by atoms with Gasteiger partial charge in [0.2, 0.25) is 29.5 Å². The zero-order valence-electron chi connectivity index (χ0n) is 31.2. The van der Waals surface area contributed by atoms with E-state index >= 15 is 4.39 Å². The molecule has 0 aliphatic heterocycles. The lowest BCUT2D eigenvalue weighted by atomic mass is 9.82. The van der Waals surface area contributed by atoms with Crippen molar-refractivity contribution in [2.45, 2.75) is 64.7 Å². The van der Waals surface area contributed by atoms with Crippen molar-refractivity contribution in [2.24, 2.45) is 16.9 Å². The van der Waals surface area contributed by atoms with Crippen molar-refractivity contribution in [2.75, 3.05) is 20.2 Å². The zero-order valence-corrected chi connectivity index (χ0v) is 31.2. The van der Waals surface area contributed by atoms with Crippen molar-refractivity contribution in [3.63, 3.8) is 0 Å². The SMILES string of the molecule is CNC(=O)[C@H](CCN(C(=O)CO)[C@@H](c1cc(-c2cc(F)ccc2F)cn1Cc1ccccc1)C(C)(C)C)N(C(=O)Cc1ccncc1)[C@@H](CC(N)=O)C(N)=O. The molecule has 4 aromatic rings. The first-order chi connectivity index (χ1) is 26.0. The quantitative estimate of drug-likeness (QED) is 0.127. The van der Waals surface area contributed by atoms with Gasteiger partial charge in [-0.25, -0.2) is 8.78 Å². The van der Waals surface area contributed by atoms with Crippen LogP contribution in [0.3, 0.4) is 0 Å². The number of rotatable bonds is 17. The van der Waals surface area contributed by atoms with E-state index in [2.05, 4.69) is 10.3 Å². The molecule has 0 radical (unpaired) electrons. The number of halogens is 2. The van der Waals surface area contributed by atoms with Crippen molar-refractivity contribution in [1.29, 1.82) is 0 Å². The number of hydrogen-bond donors (Lipinski definition) is 4. The Kier molecular flexibility index (Phi) is 14.0. The molecule has 0 unspecified atom stereocenters. The summed E-state index contributed by atoms with van der Waals surface area (Å²) in [5.74, 6) is -5.52. The highest BCUT2D eigenvalue weighted by Crippen LogP contribution is 2.41. The van der Waals surface area contributed by atoms with E-state index in [9.17, 15) is 33.5 Å². The Labute approximate surface area is 318 Å². The zero-order chi connectivity index (χ0) is 40.4. The highest BCUT2D eigenvalue weighted by atomic mass is 19.1. The van der Waals surface area contributed by atoms with Gasteiger partial charge in [-0.3, -0.25) is 29.0 Å². The molecule has 2 heterocycles. The van der Waals surface area contributed by atoms with E-state index in [1.807, 2.05) is 55.7 Å². The molecular weight excluding hydrogens is 712 g/mol. The van der Waals surface area contributed by atoms with Crippen LogP contribution in [0.1, 0.15) is 56.5 Å². The number of likely N-dealkylation sites (N-methyl/N-ethyl adjacent to an activating group) is 1. The summed E-state index contributed by atoms with van der Waals surface area (Å²) < 4.78 is 31.4. The van der Waals surface area contributed by atoms with Crippen LogP contribution in [0.15, 0.2) is 85.3 Å². The van der Waals surface area contributed by atoms with Crippen LogP contribution in [0, 0.1) is 17.0 Å². The van der Waals surface area contributed by atoms with Crippen LogP contribution in [0.25, 0.3) is 11.1 Å². The molecular formula is C40H47F2N7O6. The van der Waals surface area contributed by atoms with Crippen molar-refractivity contribution in [1.82, 2.24) is 24.7 Å². The predicted molar refractivity (Wildman–Crippen MR) is 200 cm³/mol. The fraction of sp³-hybridized carbons (Fsp3) is 0.350. The number of benzene rings is 2. The Morgan fingerprint density at radius 3 is 2.16 bits per heavy atom. The Morgan fingerprint density at radius 1 is 0.909 bits per heavy atom. The van der Waals surface area contributed by atoms with E-state index in [-0.39, 0.29) is 31.5 Å². The van der Waals surface area contributed by atoms with Gasteiger partial charge < -0.3 is 36.3 Å². The summed E-state index contributed by atoms with van der Waals surface area (Å²) in [7, 11) is 1.33. The molecule has 0 bridgehead atoms. The largest absolute Gasteiger partial charge is 0.387 e. The van der Waals surface area contributed by atoms with Crippen molar-refractivity contribution in [3.8, 4) is 11.1 Å². The number of nitrogens with two attached hydrogens (primary N) is 2. The number of amides is 5. The lowest BCUT2D eigenvalue weighted by Crippen LogP contribution is -2.59. The van der Waals surface area contributed by atoms with Crippen molar-refractivity contribution >= 4 is 29.5 Å². The van der Waals surface area contributed by atoms with Gasteiger partial charge in [0.05, 0.1) is 18.9 Å². The molecule has 2 aromatic heterocycles. The number of hydrogen-bond acceptors (Lipinski definition) is 7. The average molecular weight is 760 g/mol. The molecule has 3 atom stereocenters. The van der Waals surface area contributed by atoms with Gasteiger partial charge in [-0.2, -0.15) is 0 Å². The Balaban J connectivity index is 1.86. The van der Waals surface area contributed by atoms with Gasteiger partial charge >= 0.3 is 0 Å². The number of aliphatic hydroxyl groups excluding tert-OH is 1. The minimum absolute atomic E-state index is 0.00395. The molecule has 4 rings (SSSR count). The maximum Gasteiger partial charge on any atom is 0.248 e. The van der Waals surface area contributed by atoms with E-state index in [0.29, 0.717) is 16.8 Å². The minimum Gasteiger partial charge on any atom is -0.387 e. The van der Waals surface area contributed by atoms with Crippen LogP contribution in [-0.2, 0) is 36.9 Å². The third-order valence-electron chi connectivity index (χ3n) is 9.21. The van der Waals surface area contributed by atoms with Gasteiger partial charge in [0, 0.05) is 55.5 Å². The highest BCUT2D eigenvalue weighted by Gasteiger charge is 2.41. The standard InChI is InChI=1S/C40H47F2N7O6/c1-40(2,3)37(32-19-27(29-20-28(41)10-11-30(29)42)23-47(32)22-26-8-6-5-7-9-26)48(36(53)24-50)17-14-31(39(55)45-4)49(33(38(44)54)21-34(43)51)35(52)18-25-12-15-46-16-13-25/h5-13,15-16,19-20,23,31,33,37,50H,14,17-18,21-22,24H2,1-4H3,(H2,43,51)(H2,44,54)(H,45,55)/t31-,33-,37-/m0/s1. The van der Waals surface area contributed by atoms with E-state index in [4.69, 9.17) is 11.5 Å². The number of aromatic nitrogens is 2. The van der Waals surface area contributed by atoms with Crippen LogP contribution in [0.4, 0.5) is 8.78 Å². The topological polar surface area (TPSA) is 194 Å². The number of nitrogens with one attached hydrogen (secondary N) is 1. The fourth-order valence-electron chi connectivity index (χ4n) is 6.78. The van der Waals surface area contributed by atoms with Crippen LogP contribution in [0.2, 0.25) is 0 Å².